The minimum atomic E-state index is -3.46. The highest BCUT2D eigenvalue weighted by Gasteiger charge is 2.37. The molecule has 1 aromatic carbocycles. The summed E-state index contributed by atoms with van der Waals surface area (Å²) in [5.41, 5.74) is 5.99. The maximum atomic E-state index is 12.7. The van der Waals surface area contributed by atoms with Gasteiger partial charge in [0, 0.05) is 18.6 Å². The van der Waals surface area contributed by atoms with E-state index in [1.54, 1.807) is 31.3 Å². The van der Waals surface area contributed by atoms with Crippen LogP contribution in [0.15, 0.2) is 29.2 Å². The molecule has 6 heteroatoms. The van der Waals surface area contributed by atoms with E-state index in [2.05, 4.69) is 13.8 Å². The minimum absolute atomic E-state index is 0.176. The average molecular weight is 373 g/mol. The van der Waals surface area contributed by atoms with Gasteiger partial charge in [0.2, 0.25) is 10.0 Å². The predicted molar refractivity (Wildman–Crippen MR) is 99.6 cm³/mol. The van der Waals surface area contributed by atoms with Gasteiger partial charge in [-0.25, -0.2) is 12.7 Å². The first-order valence-corrected chi connectivity index (χ1v) is 10.4. The second-order valence-electron chi connectivity index (χ2n) is 7.46. The Bertz CT molecular complexity index is 647. The largest absolute Gasteiger partial charge is 0.330 e. The molecule has 1 fully saturated rings. The lowest BCUT2D eigenvalue weighted by Gasteiger charge is -2.43. The molecule has 1 aromatic rings. The zero-order chi connectivity index (χ0) is 18.0. The Morgan fingerprint density at radius 3 is 2.50 bits per heavy atom. The quantitative estimate of drug-likeness (QED) is 0.827. The van der Waals surface area contributed by atoms with Crippen LogP contribution in [0.5, 0.6) is 0 Å². The van der Waals surface area contributed by atoms with Gasteiger partial charge >= 0.3 is 0 Å². The predicted octanol–water partition coefficient (Wildman–Crippen LogP) is 3.75. The maximum absolute atomic E-state index is 12.7. The van der Waals surface area contributed by atoms with Crippen LogP contribution in [0.25, 0.3) is 0 Å². The zero-order valence-electron chi connectivity index (χ0n) is 14.8. The molecule has 1 saturated carbocycles. The van der Waals surface area contributed by atoms with Crippen molar-refractivity contribution in [3.8, 4) is 0 Å². The molecule has 0 radical (unpaired) electrons. The van der Waals surface area contributed by atoms with Crippen LogP contribution >= 0.6 is 11.6 Å². The van der Waals surface area contributed by atoms with Crippen molar-refractivity contribution in [1.82, 2.24) is 4.31 Å². The van der Waals surface area contributed by atoms with Crippen molar-refractivity contribution in [1.29, 1.82) is 0 Å². The van der Waals surface area contributed by atoms with Crippen molar-refractivity contribution in [3.05, 3.63) is 29.3 Å². The highest BCUT2D eigenvalue weighted by Crippen LogP contribution is 2.45. The summed E-state index contributed by atoms with van der Waals surface area (Å²) >= 11 is 5.84. The molecule has 4 nitrogen and oxygen atoms in total. The van der Waals surface area contributed by atoms with Gasteiger partial charge in [-0.05, 0) is 73.7 Å². The fraction of sp³-hybridized carbons (Fsp3) is 0.667. The van der Waals surface area contributed by atoms with Gasteiger partial charge in [-0.1, -0.05) is 25.4 Å². The topological polar surface area (TPSA) is 63.4 Å². The SMILES string of the molecule is CC1CC(CN)CCC1(C)CCN(C)S(=O)(=O)c1ccc(Cl)cc1. The third-order valence-electron chi connectivity index (χ3n) is 5.85. The van der Waals surface area contributed by atoms with Gasteiger partial charge in [0.25, 0.3) is 0 Å². The Kier molecular flexibility index (Phi) is 6.35. The molecule has 0 amide bonds. The third-order valence-corrected chi connectivity index (χ3v) is 7.98. The molecule has 3 atom stereocenters. The van der Waals surface area contributed by atoms with Crippen LogP contribution in [0.1, 0.15) is 39.5 Å². The molecule has 0 aromatic heterocycles. The molecule has 1 aliphatic carbocycles. The van der Waals surface area contributed by atoms with Gasteiger partial charge in [-0.15, -0.1) is 0 Å². The van der Waals surface area contributed by atoms with E-state index < -0.39 is 10.0 Å². The highest BCUT2D eigenvalue weighted by molar-refractivity contribution is 7.89. The summed E-state index contributed by atoms with van der Waals surface area (Å²) in [6.45, 7) is 5.84. The summed E-state index contributed by atoms with van der Waals surface area (Å²) in [5.74, 6) is 1.18. The summed E-state index contributed by atoms with van der Waals surface area (Å²) in [6.07, 6.45) is 4.27. The highest BCUT2D eigenvalue weighted by atomic mass is 35.5. The first-order valence-electron chi connectivity index (χ1n) is 8.61. The number of nitrogens with zero attached hydrogens (tertiary/aromatic N) is 1. The fourth-order valence-corrected chi connectivity index (χ4v) is 4.89. The molecule has 136 valence electrons. The van der Waals surface area contributed by atoms with E-state index in [-0.39, 0.29) is 5.41 Å². The molecule has 3 unspecified atom stereocenters. The monoisotopic (exact) mass is 372 g/mol. The lowest BCUT2D eigenvalue weighted by atomic mass is 9.63. The van der Waals surface area contributed by atoms with Crippen LogP contribution in [0.3, 0.4) is 0 Å². The molecule has 0 saturated heterocycles. The summed E-state index contributed by atoms with van der Waals surface area (Å²) < 4.78 is 26.8. The van der Waals surface area contributed by atoms with Crippen LogP contribution in [-0.2, 0) is 10.0 Å². The molecule has 2 rings (SSSR count). The van der Waals surface area contributed by atoms with E-state index in [1.165, 1.54) is 4.31 Å². The zero-order valence-corrected chi connectivity index (χ0v) is 16.4. The van der Waals surface area contributed by atoms with E-state index in [4.69, 9.17) is 17.3 Å². The van der Waals surface area contributed by atoms with Crippen LogP contribution < -0.4 is 5.73 Å². The molecule has 24 heavy (non-hydrogen) atoms. The number of benzene rings is 1. The van der Waals surface area contributed by atoms with Crippen LogP contribution in [0, 0.1) is 17.3 Å². The molecule has 0 aliphatic heterocycles. The smallest absolute Gasteiger partial charge is 0.242 e. The van der Waals surface area contributed by atoms with Crippen molar-refractivity contribution in [2.45, 2.75) is 44.4 Å². The van der Waals surface area contributed by atoms with Crippen LogP contribution in [0.2, 0.25) is 5.02 Å². The van der Waals surface area contributed by atoms with Crippen molar-refractivity contribution < 1.29 is 8.42 Å². The number of sulfonamides is 1. The van der Waals surface area contributed by atoms with Gasteiger partial charge < -0.3 is 5.73 Å². The number of halogens is 1. The third kappa shape index (κ3) is 4.31. The van der Waals surface area contributed by atoms with Gasteiger partial charge in [0.05, 0.1) is 4.90 Å². The second-order valence-corrected chi connectivity index (χ2v) is 9.94. The molecular formula is C18H29ClN2O2S. The lowest BCUT2D eigenvalue weighted by Crippen LogP contribution is -2.38. The Labute approximate surface area is 151 Å². The van der Waals surface area contributed by atoms with Gasteiger partial charge in [-0.2, -0.15) is 0 Å². The Morgan fingerprint density at radius 2 is 1.96 bits per heavy atom. The first kappa shape index (κ1) is 19.7. The van der Waals surface area contributed by atoms with Crippen LogP contribution in [-0.4, -0.2) is 32.9 Å². The molecule has 0 heterocycles. The molecular weight excluding hydrogens is 344 g/mol. The number of nitrogens with two attached hydrogens (primary N) is 1. The Balaban J connectivity index is 2.01. The van der Waals surface area contributed by atoms with Crippen molar-refractivity contribution >= 4 is 21.6 Å². The molecule has 1 aliphatic rings. The summed E-state index contributed by atoms with van der Waals surface area (Å²) in [7, 11) is -1.81. The van der Waals surface area contributed by atoms with Crippen molar-refractivity contribution in [2.24, 2.45) is 23.0 Å². The molecule has 0 bridgehead atoms. The van der Waals surface area contributed by atoms with Gasteiger partial charge in [0.15, 0.2) is 0 Å². The molecule has 0 spiro atoms. The minimum Gasteiger partial charge on any atom is -0.330 e. The van der Waals surface area contributed by atoms with Crippen molar-refractivity contribution in [3.63, 3.8) is 0 Å². The maximum Gasteiger partial charge on any atom is 0.242 e. The number of hydrogen-bond acceptors (Lipinski definition) is 3. The van der Waals surface area contributed by atoms with Gasteiger partial charge in [-0.3, -0.25) is 0 Å². The van der Waals surface area contributed by atoms with E-state index in [0.29, 0.717) is 28.3 Å². The normalized spacial score (nSPS) is 28.2. The lowest BCUT2D eigenvalue weighted by molar-refractivity contribution is 0.0812. The van der Waals surface area contributed by atoms with Crippen LogP contribution in [0.4, 0.5) is 0 Å². The molecule has 2 N–H and O–H groups in total. The van der Waals surface area contributed by atoms with E-state index in [9.17, 15) is 8.42 Å². The Hall–Kier alpha value is -0.620. The second kappa shape index (κ2) is 7.73. The summed E-state index contributed by atoms with van der Waals surface area (Å²) in [5, 5.41) is 0.537. The van der Waals surface area contributed by atoms with Crippen molar-refractivity contribution in [2.75, 3.05) is 20.1 Å². The average Bonchev–Trinajstić information content (AvgIpc) is 2.55. The standard InChI is InChI=1S/C18H29ClN2O2S/c1-14-12-15(13-20)8-9-18(14,2)10-11-21(3)24(22,23)17-6-4-16(19)5-7-17/h4-7,14-15H,8-13,20H2,1-3H3. The fourth-order valence-electron chi connectivity index (χ4n) is 3.59. The first-order chi connectivity index (χ1) is 11.2. The number of hydrogen-bond donors (Lipinski definition) is 1. The van der Waals surface area contributed by atoms with E-state index >= 15 is 0 Å². The van der Waals surface area contributed by atoms with E-state index in [1.807, 2.05) is 0 Å². The number of rotatable bonds is 6. The van der Waals surface area contributed by atoms with E-state index in [0.717, 1.165) is 32.2 Å². The Morgan fingerprint density at radius 1 is 1.33 bits per heavy atom. The van der Waals surface area contributed by atoms with Gasteiger partial charge in [0.1, 0.15) is 0 Å². The summed E-state index contributed by atoms with van der Waals surface area (Å²) in [4.78, 5) is 0.291. The summed E-state index contributed by atoms with van der Waals surface area (Å²) in [6, 6.07) is 6.34.